The SMILES string of the molecule is CC(C)[C@@H](N)C(=O)O.O=C(O)CC(O)(CC(=O)O)C(=O)O. The number of carboxylic acid groups (broad SMARTS) is 4. The minimum atomic E-state index is -2.74. The van der Waals surface area contributed by atoms with Crippen LogP contribution in [0.1, 0.15) is 26.7 Å². The number of aliphatic carboxylic acids is 4. The van der Waals surface area contributed by atoms with Gasteiger partial charge in [-0.2, -0.15) is 0 Å². The maximum Gasteiger partial charge on any atom is 0.336 e. The van der Waals surface area contributed by atoms with Gasteiger partial charge in [-0.25, -0.2) is 4.79 Å². The van der Waals surface area contributed by atoms with E-state index >= 15 is 0 Å². The predicted octanol–water partition coefficient (Wildman–Crippen LogP) is -1.19. The molecule has 0 bridgehead atoms. The molecule has 1 atom stereocenters. The fourth-order valence-electron chi connectivity index (χ4n) is 0.999. The van der Waals surface area contributed by atoms with Crippen molar-refractivity contribution >= 4 is 23.9 Å². The molecule has 10 heteroatoms. The zero-order valence-corrected chi connectivity index (χ0v) is 11.5. The molecule has 0 unspecified atom stereocenters. The number of nitrogens with two attached hydrogens (primary N) is 1. The van der Waals surface area contributed by atoms with Gasteiger partial charge >= 0.3 is 23.9 Å². The average Bonchev–Trinajstić information content (AvgIpc) is 2.25. The largest absolute Gasteiger partial charge is 0.481 e. The Hall–Kier alpha value is -2.20. The van der Waals surface area contributed by atoms with Crippen molar-refractivity contribution in [3.05, 3.63) is 0 Å². The van der Waals surface area contributed by atoms with Crippen LogP contribution in [0.25, 0.3) is 0 Å². The molecule has 0 fully saturated rings. The van der Waals surface area contributed by atoms with E-state index in [2.05, 4.69) is 0 Å². The first kappa shape index (κ1) is 21.1. The number of hydrogen-bond donors (Lipinski definition) is 6. The minimum absolute atomic E-state index is 0.0208. The van der Waals surface area contributed by atoms with Crippen LogP contribution >= 0.6 is 0 Å². The molecule has 0 aromatic rings. The summed E-state index contributed by atoms with van der Waals surface area (Å²) < 4.78 is 0. The summed E-state index contributed by atoms with van der Waals surface area (Å²) in [6.45, 7) is 3.55. The molecule has 0 aliphatic rings. The van der Waals surface area contributed by atoms with Crippen molar-refractivity contribution in [3.8, 4) is 0 Å². The number of rotatable bonds is 7. The van der Waals surface area contributed by atoms with E-state index < -0.39 is 48.4 Å². The lowest BCUT2D eigenvalue weighted by atomic mass is 9.96. The number of hydrogen-bond acceptors (Lipinski definition) is 6. The topological polar surface area (TPSA) is 195 Å². The van der Waals surface area contributed by atoms with Crippen molar-refractivity contribution in [1.82, 2.24) is 0 Å². The maximum atomic E-state index is 10.3. The summed E-state index contributed by atoms with van der Waals surface area (Å²) >= 11 is 0. The van der Waals surface area contributed by atoms with Crippen LogP contribution in [-0.4, -0.2) is 61.1 Å². The molecule has 0 aromatic carbocycles. The van der Waals surface area contributed by atoms with Crippen LogP contribution in [0.4, 0.5) is 0 Å². The molecular weight excluding hydrogens is 290 g/mol. The van der Waals surface area contributed by atoms with Crippen molar-refractivity contribution in [1.29, 1.82) is 0 Å². The molecule has 0 saturated carbocycles. The van der Waals surface area contributed by atoms with E-state index in [-0.39, 0.29) is 5.92 Å². The molecule has 7 N–H and O–H groups in total. The highest BCUT2D eigenvalue weighted by atomic mass is 16.4. The highest BCUT2D eigenvalue weighted by molar-refractivity contribution is 5.88. The van der Waals surface area contributed by atoms with Gasteiger partial charge in [-0.3, -0.25) is 14.4 Å². The Kier molecular flexibility index (Phi) is 8.91. The molecule has 10 nitrogen and oxygen atoms in total. The van der Waals surface area contributed by atoms with Crippen LogP contribution in [0.5, 0.6) is 0 Å². The van der Waals surface area contributed by atoms with Gasteiger partial charge in [-0.1, -0.05) is 13.8 Å². The molecule has 0 spiro atoms. The van der Waals surface area contributed by atoms with Crippen LogP contribution in [-0.2, 0) is 19.2 Å². The van der Waals surface area contributed by atoms with Crippen LogP contribution in [0, 0.1) is 5.92 Å². The van der Waals surface area contributed by atoms with E-state index in [0.717, 1.165) is 0 Å². The van der Waals surface area contributed by atoms with Crippen LogP contribution in [0.2, 0.25) is 0 Å². The first-order valence-corrected chi connectivity index (χ1v) is 5.71. The zero-order valence-electron chi connectivity index (χ0n) is 11.5. The lowest BCUT2D eigenvalue weighted by Gasteiger charge is -2.18. The summed E-state index contributed by atoms with van der Waals surface area (Å²) in [5.74, 6) is -5.93. The molecule has 122 valence electrons. The number of carboxylic acids is 4. The smallest absolute Gasteiger partial charge is 0.336 e. The van der Waals surface area contributed by atoms with Gasteiger partial charge in [0.05, 0.1) is 12.8 Å². The van der Waals surface area contributed by atoms with Crippen LogP contribution in [0.3, 0.4) is 0 Å². The first-order chi connectivity index (χ1) is 9.33. The van der Waals surface area contributed by atoms with E-state index in [4.69, 9.17) is 31.3 Å². The number of carbonyl (C=O) groups is 4. The van der Waals surface area contributed by atoms with Gasteiger partial charge in [-0.05, 0) is 5.92 Å². The summed E-state index contributed by atoms with van der Waals surface area (Å²) in [5.41, 5.74) is 2.42. The Morgan fingerprint density at radius 2 is 1.29 bits per heavy atom. The van der Waals surface area contributed by atoms with E-state index in [1.807, 2.05) is 0 Å². The molecular formula is C11H19NO9. The van der Waals surface area contributed by atoms with Crippen molar-refractivity contribution in [2.45, 2.75) is 38.3 Å². The van der Waals surface area contributed by atoms with Gasteiger partial charge in [0, 0.05) is 0 Å². The van der Waals surface area contributed by atoms with Crippen molar-refractivity contribution in [2.24, 2.45) is 11.7 Å². The van der Waals surface area contributed by atoms with Crippen molar-refractivity contribution in [2.75, 3.05) is 0 Å². The van der Waals surface area contributed by atoms with Gasteiger partial charge in [0.2, 0.25) is 0 Å². The van der Waals surface area contributed by atoms with Gasteiger partial charge in [-0.15, -0.1) is 0 Å². The molecule has 0 aromatic heterocycles. The Labute approximate surface area is 119 Å². The van der Waals surface area contributed by atoms with Crippen molar-refractivity contribution in [3.63, 3.8) is 0 Å². The van der Waals surface area contributed by atoms with E-state index in [1.54, 1.807) is 13.8 Å². The van der Waals surface area contributed by atoms with E-state index in [1.165, 1.54) is 0 Å². The lowest BCUT2D eigenvalue weighted by molar-refractivity contribution is -0.170. The monoisotopic (exact) mass is 309 g/mol. The fraction of sp³-hybridized carbons (Fsp3) is 0.636. The number of aliphatic hydroxyl groups is 1. The highest BCUT2D eigenvalue weighted by Crippen LogP contribution is 2.15. The average molecular weight is 309 g/mol. The summed E-state index contributed by atoms with van der Waals surface area (Å²) in [7, 11) is 0. The standard InChI is InChI=1S/C6H8O7.C5H11NO2/c7-3(8)1-6(13,5(11)12)2-4(9)10;1-3(2)4(6)5(7)8/h13H,1-2H2,(H,7,8)(H,9,10)(H,11,12);3-4H,6H2,1-2H3,(H,7,8)/t;4-/m.1/s1. The third kappa shape index (κ3) is 9.35. The third-order valence-electron chi connectivity index (χ3n) is 2.29. The van der Waals surface area contributed by atoms with Gasteiger partial charge < -0.3 is 31.3 Å². The molecule has 0 aliphatic heterocycles. The molecule has 0 rings (SSSR count). The third-order valence-corrected chi connectivity index (χ3v) is 2.29. The minimum Gasteiger partial charge on any atom is -0.481 e. The Morgan fingerprint density at radius 3 is 1.38 bits per heavy atom. The highest BCUT2D eigenvalue weighted by Gasteiger charge is 2.40. The van der Waals surface area contributed by atoms with Crippen LogP contribution < -0.4 is 5.73 Å². The molecule has 21 heavy (non-hydrogen) atoms. The molecule has 0 saturated heterocycles. The summed E-state index contributed by atoms with van der Waals surface area (Å²) in [6.07, 6.45) is -2.29. The van der Waals surface area contributed by atoms with Crippen molar-refractivity contribution < 1.29 is 44.7 Å². The summed E-state index contributed by atoms with van der Waals surface area (Å²) in [6, 6.07) is -0.713. The fourth-order valence-corrected chi connectivity index (χ4v) is 0.999. The zero-order chi connectivity index (χ0) is 17.4. The quantitative estimate of drug-likeness (QED) is 0.332. The van der Waals surface area contributed by atoms with Gasteiger partial charge in [0.15, 0.2) is 5.60 Å². The molecule has 0 radical (unpaired) electrons. The Bertz CT molecular complexity index is 388. The summed E-state index contributed by atoms with van der Waals surface area (Å²) in [5, 5.41) is 42.0. The molecule has 0 aliphatic carbocycles. The second-order valence-electron chi connectivity index (χ2n) is 4.59. The normalized spacial score (nSPS) is 12.0. The Morgan fingerprint density at radius 1 is 0.952 bits per heavy atom. The molecule has 0 heterocycles. The second kappa shape index (κ2) is 8.87. The molecule has 0 amide bonds. The summed E-state index contributed by atoms with van der Waals surface area (Å²) in [4.78, 5) is 40.5. The first-order valence-electron chi connectivity index (χ1n) is 5.71. The lowest BCUT2D eigenvalue weighted by Crippen LogP contribution is -2.42. The van der Waals surface area contributed by atoms with Crippen LogP contribution in [0.15, 0.2) is 0 Å². The maximum absolute atomic E-state index is 10.3. The van der Waals surface area contributed by atoms with Gasteiger partial charge in [0.1, 0.15) is 6.04 Å². The predicted molar refractivity (Wildman–Crippen MR) is 67.5 cm³/mol. The van der Waals surface area contributed by atoms with E-state index in [9.17, 15) is 19.2 Å². The van der Waals surface area contributed by atoms with Gasteiger partial charge in [0.25, 0.3) is 0 Å². The second-order valence-corrected chi connectivity index (χ2v) is 4.59. The van der Waals surface area contributed by atoms with E-state index in [0.29, 0.717) is 0 Å². The Balaban J connectivity index is 0.